The van der Waals surface area contributed by atoms with Crippen LogP contribution in [0.25, 0.3) is 0 Å². The summed E-state index contributed by atoms with van der Waals surface area (Å²) >= 11 is 0. The Labute approximate surface area is 141 Å². The van der Waals surface area contributed by atoms with Gasteiger partial charge in [-0.3, -0.25) is 14.3 Å². The smallest absolute Gasteiger partial charge is 0.315 e. The summed E-state index contributed by atoms with van der Waals surface area (Å²) in [5.41, 5.74) is 0.676. The van der Waals surface area contributed by atoms with Gasteiger partial charge in [-0.1, -0.05) is 30.3 Å². The Morgan fingerprint density at radius 3 is 2.42 bits per heavy atom. The topological polar surface area (TPSA) is 84.2 Å². The number of carbonyl (C=O) groups excluding carboxylic acids is 1. The van der Waals surface area contributed by atoms with Crippen LogP contribution in [0, 0.1) is 6.92 Å². The molecular weight excluding hydrogens is 306 g/mol. The maximum absolute atomic E-state index is 12.4. The lowest BCUT2D eigenvalue weighted by Crippen LogP contribution is -2.44. The molecule has 0 spiro atoms. The number of benzene rings is 1. The zero-order valence-corrected chi connectivity index (χ0v) is 14.4. The zero-order valence-electron chi connectivity index (χ0n) is 14.4. The van der Waals surface area contributed by atoms with Crippen LogP contribution in [0.15, 0.2) is 36.5 Å². The van der Waals surface area contributed by atoms with Crippen LogP contribution in [-0.2, 0) is 10.2 Å². The number of nitrogens with zero attached hydrogens (tertiary/aromatic N) is 2. The molecule has 0 fully saturated rings. The van der Waals surface area contributed by atoms with Gasteiger partial charge in [0, 0.05) is 18.3 Å². The average Bonchev–Trinajstić information content (AvgIpc) is 2.94. The van der Waals surface area contributed by atoms with Gasteiger partial charge in [-0.05, 0) is 33.3 Å². The first-order valence-corrected chi connectivity index (χ1v) is 7.88. The highest BCUT2D eigenvalue weighted by Crippen LogP contribution is 2.23. The molecule has 24 heavy (non-hydrogen) atoms. The number of carboxylic acid groups (broad SMARTS) is 1. The molecule has 0 saturated heterocycles. The molecule has 0 bridgehead atoms. The van der Waals surface area contributed by atoms with Crippen molar-refractivity contribution in [3.8, 4) is 0 Å². The third-order valence-electron chi connectivity index (χ3n) is 4.26. The summed E-state index contributed by atoms with van der Waals surface area (Å²) in [5, 5.41) is 16.6. The van der Waals surface area contributed by atoms with E-state index in [9.17, 15) is 14.7 Å². The van der Waals surface area contributed by atoms with Crippen LogP contribution in [0.4, 0.5) is 0 Å². The number of carbonyl (C=O) groups is 2. The lowest BCUT2D eigenvalue weighted by Gasteiger charge is -2.25. The van der Waals surface area contributed by atoms with Crippen LogP contribution in [0.5, 0.6) is 0 Å². The lowest BCUT2D eigenvalue weighted by molar-refractivity contribution is -0.142. The van der Waals surface area contributed by atoms with Crippen LogP contribution >= 0.6 is 0 Å². The van der Waals surface area contributed by atoms with Gasteiger partial charge in [0.25, 0.3) is 5.91 Å². The van der Waals surface area contributed by atoms with Crippen molar-refractivity contribution in [3.63, 3.8) is 0 Å². The molecule has 0 aliphatic rings. The molecule has 1 unspecified atom stereocenters. The van der Waals surface area contributed by atoms with Crippen LogP contribution in [-0.4, -0.2) is 33.3 Å². The first kappa shape index (κ1) is 17.7. The fraction of sp³-hybridized carbons (Fsp3) is 0.389. The third-order valence-corrected chi connectivity index (χ3v) is 4.26. The highest BCUT2D eigenvalue weighted by molar-refractivity contribution is 5.95. The van der Waals surface area contributed by atoms with Gasteiger partial charge < -0.3 is 10.4 Å². The Balaban J connectivity index is 2.19. The van der Waals surface area contributed by atoms with Gasteiger partial charge in [0.15, 0.2) is 0 Å². The molecule has 2 rings (SSSR count). The normalized spacial score (nSPS) is 13.5. The number of hydrogen-bond acceptors (Lipinski definition) is 3. The zero-order chi connectivity index (χ0) is 17.9. The molecule has 0 aliphatic carbocycles. The Morgan fingerprint density at radius 1 is 1.29 bits per heavy atom. The van der Waals surface area contributed by atoms with Crippen molar-refractivity contribution in [1.82, 2.24) is 15.1 Å². The second kappa shape index (κ2) is 6.86. The van der Waals surface area contributed by atoms with Gasteiger partial charge >= 0.3 is 5.97 Å². The Morgan fingerprint density at radius 2 is 1.92 bits per heavy atom. The predicted molar refractivity (Wildman–Crippen MR) is 91.1 cm³/mol. The van der Waals surface area contributed by atoms with E-state index < -0.39 is 11.4 Å². The number of aliphatic carboxylic acids is 1. The van der Waals surface area contributed by atoms with Gasteiger partial charge in [-0.25, -0.2) is 0 Å². The fourth-order valence-corrected chi connectivity index (χ4v) is 2.63. The minimum absolute atomic E-state index is 0.00250. The molecule has 6 nitrogen and oxygen atoms in total. The summed E-state index contributed by atoms with van der Waals surface area (Å²) in [6, 6.07) is 9.06. The molecule has 128 valence electrons. The highest BCUT2D eigenvalue weighted by Gasteiger charge is 2.35. The van der Waals surface area contributed by atoms with Gasteiger partial charge in [-0.15, -0.1) is 0 Å². The molecule has 2 N–H and O–H groups in total. The van der Waals surface area contributed by atoms with Crippen molar-refractivity contribution in [2.45, 2.75) is 39.2 Å². The molecule has 6 heteroatoms. The average molecular weight is 329 g/mol. The number of nitrogens with one attached hydrogen (secondary N) is 1. The highest BCUT2D eigenvalue weighted by atomic mass is 16.4. The van der Waals surface area contributed by atoms with E-state index in [0.717, 1.165) is 5.69 Å². The molecule has 0 aliphatic heterocycles. The third kappa shape index (κ3) is 3.32. The standard InChI is InChI=1S/C18H23N3O3/c1-12(2)21-13(3)15(10-20-21)16(22)19-11-18(4,17(23)24)14-8-6-5-7-9-14/h5-10,12H,11H2,1-4H3,(H,19,22)(H,23,24). The van der Waals surface area contributed by atoms with Crippen LogP contribution in [0.2, 0.25) is 0 Å². The van der Waals surface area contributed by atoms with Crippen molar-refractivity contribution in [3.05, 3.63) is 53.3 Å². The van der Waals surface area contributed by atoms with Crippen LogP contribution < -0.4 is 5.32 Å². The Hall–Kier alpha value is -2.63. The Bertz CT molecular complexity index is 737. The van der Waals surface area contributed by atoms with Crippen LogP contribution in [0.1, 0.15) is 48.4 Å². The SMILES string of the molecule is Cc1c(C(=O)NCC(C)(C(=O)O)c2ccccc2)cnn1C(C)C. The number of aromatic nitrogens is 2. The van der Waals surface area contributed by atoms with Crippen LogP contribution in [0.3, 0.4) is 0 Å². The fourth-order valence-electron chi connectivity index (χ4n) is 2.63. The monoisotopic (exact) mass is 329 g/mol. The van der Waals surface area contributed by atoms with Gasteiger partial charge in [-0.2, -0.15) is 5.10 Å². The molecule has 1 atom stereocenters. The first-order chi connectivity index (χ1) is 11.3. The second-order valence-corrected chi connectivity index (χ2v) is 6.37. The molecule has 1 aromatic heterocycles. The molecule has 0 radical (unpaired) electrons. The molecule has 1 aromatic carbocycles. The largest absolute Gasteiger partial charge is 0.481 e. The van der Waals surface area contributed by atoms with E-state index in [-0.39, 0.29) is 18.5 Å². The van der Waals surface area contributed by atoms with E-state index in [1.807, 2.05) is 26.8 Å². The van der Waals surface area contributed by atoms with Gasteiger partial charge in [0.2, 0.25) is 0 Å². The maximum atomic E-state index is 12.4. The minimum Gasteiger partial charge on any atom is -0.481 e. The summed E-state index contributed by atoms with van der Waals surface area (Å²) < 4.78 is 1.77. The minimum atomic E-state index is -1.20. The molecule has 1 heterocycles. The van der Waals surface area contributed by atoms with Crippen molar-refractivity contribution in [1.29, 1.82) is 0 Å². The van der Waals surface area contributed by atoms with E-state index >= 15 is 0 Å². The summed E-state index contributed by atoms with van der Waals surface area (Å²) in [6.45, 7) is 7.40. The summed E-state index contributed by atoms with van der Waals surface area (Å²) in [5.74, 6) is -1.30. The van der Waals surface area contributed by atoms with Crippen molar-refractivity contribution in [2.75, 3.05) is 6.54 Å². The number of carboxylic acids is 1. The van der Waals surface area contributed by atoms with Crippen molar-refractivity contribution in [2.24, 2.45) is 0 Å². The quantitative estimate of drug-likeness (QED) is 0.853. The van der Waals surface area contributed by atoms with Gasteiger partial charge in [0.1, 0.15) is 5.41 Å². The van der Waals surface area contributed by atoms with E-state index in [1.54, 1.807) is 35.9 Å². The number of rotatable bonds is 6. The van der Waals surface area contributed by atoms with E-state index in [4.69, 9.17) is 0 Å². The molecular formula is C18H23N3O3. The maximum Gasteiger partial charge on any atom is 0.315 e. The lowest BCUT2D eigenvalue weighted by atomic mass is 9.82. The van der Waals surface area contributed by atoms with Gasteiger partial charge in [0.05, 0.1) is 11.8 Å². The second-order valence-electron chi connectivity index (χ2n) is 6.37. The summed E-state index contributed by atoms with van der Waals surface area (Å²) in [4.78, 5) is 24.2. The molecule has 2 aromatic rings. The number of hydrogen-bond donors (Lipinski definition) is 2. The van der Waals surface area contributed by atoms with E-state index in [0.29, 0.717) is 11.1 Å². The predicted octanol–water partition coefficient (Wildman–Crippen LogP) is 2.54. The molecule has 0 saturated carbocycles. The number of amides is 1. The summed E-state index contributed by atoms with van der Waals surface area (Å²) in [7, 11) is 0. The Kier molecular flexibility index (Phi) is 5.07. The van der Waals surface area contributed by atoms with E-state index in [2.05, 4.69) is 10.4 Å². The van der Waals surface area contributed by atoms with Crippen molar-refractivity contribution < 1.29 is 14.7 Å². The van der Waals surface area contributed by atoms with E-state index in [1.165, 1.54) is 6.20 Å². The summed E-state index contributed by atoms with van der Waals surface area (Å²) in [6.07, 6.45) is 1.52. The molecule has 1 amide bonds. The van der Waals surface area contributed by atoms with Crippen molar-refractivity contribution >= 4 is 11.9 Å². The first-order valence-electron chi connectivity index (χ1n) is 7.88.